The summed E-state index contributed by atoms with van der Waals surface area (Å²) >= 11 is 5.93. The van der Waals surface area contributed by atoms with Crippen molar-refractivity contribution in [1.29, 1.82) is 0 Å². The Labute approximate surface area is 232 Å². The highest BCUT2D eigenvalue weighted by molar-refractivity contribution is 7.80. The van der Waals surface area contributed by atoms with Gasteiger partial charge in [-0.15, -0.1) is 0 Å². The van der Waals surface area contributed by atoms with E-state index in [-0.39, 0.29) is 12.1 Å². The maximum atomic E-state index is 5.93. The van der Waals surface area contributed by atoms with E-state index in [4.69, 9.17) is 21.9 Å². The Bertz CT molecular complexity index is 1220. The molecule has 2 aromatic heterocycles. The topological polar surface area (TPSA) is 48.8 Å². The smallest absolute Gasteiger partial charge is 0.170 e. The zero-order valence-corrected chi connectivity index (χ0v) is 23.9. The minimum absolute atomic E-state index is 0.00705. The van der Waals surface area contributed by atoms with Gasteiger partial charge in [-0.2, -0.15) is 0 Å². The van der Waals surface area contributed by atoms with Gasteiger partial charge in [0.15, 0.2) is 5.11 Å². The fourth-order valence-electron chi connectivity index (χ4n) is 5.94. The lowest BCUT2D eigenvalue weighted by Crippen LogP contribution is -2.42. The molecule has 7 nitrogen and oxygen atoms in total. The van der Waals surface area contributed by atoms with Crippen LogP contribution in [0.5, 0.6) is 0 Å². The van der Waals surface area contributed by atoms with Gasteiger partial charge in [-0.05, 0) is 87.9 Å². The Morgan fingerprint density at radius 2 is 1.76 bits per heavy atom. The van der Waals surface area contributed by atoms with Crippen LogP contribution >= 0.6 is 12.2 Å². The molecule has 0 unspecified atom stereocenters. The van der Waals surface area contributed by atoms with Gasteiger partial charge < -0.3 is 24.4 Å². The molecule has 2 aliphatic rings. The molecule has 4 heterocycles. The molecule has 2 saturated heterocycles. The number of thiocarbonyl (C=S) groups is 1. The minimum atomic E-state index is -0.00705. The summed E-state index contributed by atoms with van der Waals surface area (Å²) in [5, 5.41) is 4.42. The number of pyridine rings is 1. The van der Waals surface area contributed by atoms with E-state index in [9.17, 15) is 0 Å². The van der Waals surface area contributed by atoms with Crippen LogP contribution in [0.25, 0.3) is 5.69 Å². The van der Waals surface area contributed by atoms with Crippen LogP contribution in [0.2, 0.25) is 0 Å². The molecule has 2 fully saturated rings. The molecule has 202 valence electrons. The number of ether oxygens (including phenoxy) is 1. The number of rotatable bonds is 9. The maximum Gasteiger partial charge on any atom is 0.170 e. The zero-order chi connectivity index (χ0) is 26.6. The monoisotopic (exact) mass is 532 g/mol. The third kappa shape index (κ3) is 5.30. The quantitative estimate of drug-likeness (QED) is 0.403. The molecule has 2 aliphatic heterocycles. The highest BCUT2D eigenvalue weighted by atomic mass is 32.1. The molecular weight excluding hydrogens is 492 g/mol. The third-order valence-corrected chi connectivity index (χ3v) is 8.34. The highest BCUT2D eigenvalue weighted by Crippen LogP contribution is 2.41. The average Bonchev–Trinajstić information content (AvgIpc) is 3.44. The predicted molar refractivity (Wildman–Crippen MR) is 158 cm³/mol. The Balaban J connectivity index is 1.49. The van der Waals surface area contributed by atoms with E-state index in [1.54, 1.807) is 0 Å². The molecule has 0 aliphatic carbocycles. The molecule has 5 rings (SSSR count). The Hall–Kier alpha value is -2.94. The normalized spacial score (nSPS) is 20.1. The molecule has 1 N–H and O–H groups in total. The van der Waals surface area contributed by atoms with Gasteiger partial charge in [0.25, 0.3) is 0 Å². The fraction of sp³-hybridized carbons (Fsp3) is 0.467. The molecule has 0 saturated carbocycles. The summed E-state index contributed by atoms with van der Waals surface area (Å²) in [6.45, 7) is 16.2. The van der Waals surface area contributed by atoms with Gasteiger partial charge in [-0.3, -0.25) is 9.88 Å². The first-order valence-corrected chi connectivity index (χ1v) is 14.2. The summed E-state index contributed by atoms with van der Waals surface area (Å²) in [6.07, 6.45) is 1.87. The van der Waals surface area contributed by atoms with Crippen molar-refractivity contribution in [3.05, 3.63) is 77.4 Å². The van der Waals surface area contributed by atoms with E-state index < -0.39 is 0 Å². The molecule has 8 heteroatoms. The summed E-state index contributed by atoms with van der Waals surface area (Å²) in [5.41, 5.74) is 7.22. The van der Waals surface area contributed by atoms with Gasteiger partial charge in [0.1, 0.15) is 0 Å². The van der Waals surface area contributed by atoms with Crippen LogP contribution in [0.1, 0.15) is 48.6 Å². The Morgan fingerprint density at radius 3 is 2.42 bits per heavy atom. The van der Waals surface area contributed by atoms with Crippen molar-refractivity contribution in [2.75, 3.05) is 57.4 Å². The summed E-state index contributed by atoms with van der Waals surface area (Å²) in [7, 11) is 0. The van der Waals surface area contributed by atoms with Crippen LogP contribution in [0, 0.1) is 13.8 Å². The minimum Gasteiger partial charge on any atom is -0.379 e. The second-order valence-electron chi connectivity index (χ2n) is 10.1. The van der Waals surface area contributed by atoms with Crippen LogP contribution in [-0.4, -0.2) is 76.9 Å². The number of hydrogen-bond donors (Lipinski definition) is 1. The number of hydrogen-bond acceptors (Lipinski definition) is 5. The van der Waals surface area contributed by atoms with Gasteiger partial charge in [0.05, 0.1) is 31.0 Å². The molecule has 0 amide bonds. The molecule has 2 atom stereocenters. The SMILES string of the molecule is CCN(CC)c1ccc(-n2c(C)cc([C@@H]3[C@H](c4ccccn4)NC(=S)N3CCN3CCOCC3)c2C)cc1. The number of morpholine rings is 1. The zero-order valence-electron chi connectivity index (χ0n) is 23.1. The van der Waals surface area contributed by atoms with Crippen molar-refractivity contribution in [1.82, 2.24) is 24.7 Å². The first-order valence-electron chi connectivity index (χ1n) is 13.8. The lowest BCUT2D eigenvalue weighted by molar-refractivity contribution is 0.0350. The van der Waals surface area contributed by atoms with Crippen LogP contribution in [-0.2, 0) is 4.74 Å². The third-order valence-electron chi connectivity index (χ3n) is 7.98. The lowest BCUT2D eigenvalue weighted by atomic mass is 9.96. The van der Waals surface area contributed by atoms with E-state index in [1.807, 2.05) is 12.3 Å². The average molecular weight is 533 g/mol. The number of anilines is 1. The van der Waals surface area contributed by atoms with Gasteiger partial charge >= 0.3 is 0 Å². The van der Waals surface area contributed by atoms with Crippen molar-refractivity contribution >= 4 is 23.0 Å². The first-order chi connectivity index (χ1) is 18.5. The van der Waals surface area contributed by atoms with E-state index in [0.29, 0.717) is 0 Å². The largest absolute Gasteiger partial charge is 0.379 e. The summed E-state index contributed by atoms with van der Waals surface area (Å²) in [6, 6.07) is 17.5. The van der Waals surface area contributed by atoms with Crippen molar-refractivity contribution in [2.24, 2.45) is 0 Å². The van der Waals surface area contributed by atoms with E-state index in [1.165, 1.54) is 28.3 Å². The molecule has 0 bridgehead atoms. The molecule has 38 heavy (non-hydrogen) atoms. The van der Waals surface area contributed by atoms with Gasteiger partial charge in [-0.25, -0.2) is 0 Å². The van der Waals surface area contributed by atoms with Crippen LogP contribution in [0.4, 0.5) is 5.69 Å². The highest BCUT2D eigenvalue weighted by Gasteiger charge is 2.41. The maximum absolute atomic E-state index is 5.93. The fourth-order valence-corrected chi connectivity index (χ4v) is 6.28. The second-order valence-corrected chi connectivity index (χ2v) is 10.5. The van der Waals surface area contributed by atoms with Gasteiger partial charge in [0.2, 0.25) is 0 Å². The van der Waals surface area contributed by atoms with E-state index in [0.717, 1.165) is 63.3 Å². The predicted octanol–water partition coefficient (Wildman–Crippen LogP) is 4.64. The van der Waals surface area contributed by atoms with Gasteiger partial charge in [0, 0.05) is 68.2 Å². The van der Waals surface area contributed by atoms with E-state index >= 15 is 0 Å². The number of nitrogens with one attached hydrogen (secondary N) is 1. The number of aryl methyl sites for hydroxylation is 1. The molecule has 0 spiro atoms. The summed E-state index contributed by atoms with van der Waals surface area (Å²) in [5.74, 6) is 0. The van der Waals surface area contributed by atoms with Gasteiger partial charge in [-0.1, -0.05) is 6.07 Å². The molecular formula is C30H40N6OS. The molecule has 1 aromatic carbocycles. The van der Waals surface area contributed by atoms with Crippen LogP contribution < -0.4 is 10.2 Å². The number of benzene rings is 1. The van der Waals surface area contributed by atoms with Crippen LogP contribution in [0.3, 0.4) is 0 Å². The number of aromatic nitrogens is 2. The number of nitrogens with zero attached hydrogens (tertiary/aromatic N) is 5. The summed E-state index contributed by atoms with van der Waals surface area (Å²) in [4.78, 5) is 11.9. The van der Waals surface area contributed by atoms with Crippen molar-refractivity contribution in [3.8, 4) is 5.69 Å². The second kappa shape index (κ2) is 11.8. The Morgan fingerprint density at radius 1 is 1.03 bits per heavy atom. The molecule has 0 radical (unpaired) electrons. The van der Waals surface area contributed by atoms with Crippen molar-refractivity contribution in [2.45, 2.75) is 39.8 Å². The van der Waals surface area contributed by atoms with Crippen LogP contribution in [0.15, 0.2) is 54.7 Å². The van der Waals surface area contributed by atoms with E-state index in [2.05, 4.69) is 94.7 Å². The summed E-state index contributed by atoms with van der Waals surface area (Å²) < 4.78 is 7.93. The first kappa shape index (κ1) is 26.7. The van der Waals surface area contributed by atoms with Crippen molar-refractivity contribution in [3.63, 3.8) is 0 Å². The Kier molecular flexibility index (Phi) is 8.31. The van der Waals surface area contributed by atoms with Crippen molar-refractivity contribution < 1.29 is 4.74 Å². The lowest BCUT2D eigenvalue weighted by Gasteiger charge is -2.32. The standard InChI is InChI=1S/C30H40N6OS/c1-5-34(6-2)24-10-12-25(13-11-24)36-22(3)21-26(23(36)4)29-28(27-9-7-8-14-31-27)32-30(38)35(29)16-15-33-17-19-37-20-18-33/h7-14,21,28-29H,5-6,15-20H2,1-4H3,(H,32,38)/t28-,29+/m0/s1. The molecule has 3 aromatic rings.